The summed E-state index contributed by atoms with van der Waals surface area (Å²) < 4.78 is 0. The number of aliphatic hydroxyl groups excluding tert-OH is 1. The highest BCUT2D eigenvalue weighted by Crippen LogP contribution is 2.21. The van der Waals surface area contributed by atoms with Gasteiger partial charge in [0.1, 0.15) is 0 Å². The molecular formula is C15H18N2O. The lowest BCUT2D eigenvalue weighted by molar-refractivity contribution is 0.153. The Hall–Kier alpha value is -1.45. The van der Waals surface area contributed by atoms with Crippen LogP contribution in [-0.2, 0) is 6.54 Å². The number of pyridine rings is 1. The van der Waals surface area contributed by atoms with E-state index in [9.17, 15) is 5.11 Å². The van der Waals surface area contributed by atoms with Crippen molar-refractivity contribution in [2.75, 3.05) is 13.2 Å². The molecule has 2 aromatic rings. The van der Waals surface area contributed by atoms with E-state index in [2.05, 4.69) is 34.1 Å². The number of hydrogen-bond donors (Lipinski definition) is 1. The molecular weight excluding hydrogens is 224 g/mol. The van der Waals surface area contributed by atoms with Crippen LogP contribution in [0, 0.1) is 0 Å². The van der Waals surface area contributed by atoms with Crippen molar-refractivity contribution in [2.45, 2.75) is 25.4 Å². The second-order valence-electron chi connectivity index (χ2n) is 4.98. The van der Waals surface area contributed by atoms with Crippen LogP contribution in [0.1, 0.15) is 18.4 Å². The summed E-state index contributed by atoms with van der Waals surface area (Å²) in [6, 6.07) is 10.8. The number of nitrogens with zero attached hydrogens (tertiary/aromatic N) is 2. The molecule has 94 valence electrons. The van der Waals surface area contributed by atoms with Gasteiger partial charge in [-0.15, -0.1) is 0 Å². The Morgan fingerprint density at radius 1 is 1.33 bits per heavy atom. The van der Waals surface area contributed by atoms with Crippen LogP contribution in [0.4, 0.5) is 0 Å². The number of aromatic nitrogens is 1. The first-order chi connectivity index (χ1) is 8.86. The standard InChI is InChI=1S/C15H18N2O/c18-11-14-4-2-8-17(14)10-12-5-6-15-13(9-12)3-1-7-16-15/h1,3,5-7,9,14,18H,2,4,8,10-11H2/t14-/m0/s1. The molecule has 1 aliphatic heterocycles. The Kier molecular flexibility index (Phi) is 3.26. The molecule has 3 heteroatoms. The zero-order valence-electron chi connectivity index (χ0n) is 10.4. The van der Waals surface area contributed by atoms with Crippen LogP contribution in [0.5, 0.6) is 0 Å². The average Bonchev–Trinajstić information content (AvgIpc) is 2.86. The number of likely N-dealkylation sites (tertiary alicyclic amines) is 1. The molecule has 2 heterocycles. The summed E-state index contributed by atoms with van der Waals surface area (Å²) in [4.78, 5) is 6.70. The van der Waals surface area contributed by atoms with Crippen LogP contribution in [0.2, 0.25) is 0 Å². The van der Waals surface area contributed by atoms with E-state index in [1.807, 2.05) is 12.3 Å². The summed E-state index contributed by atoms with van der Waals surface area (Å²) in [5.74, 6) is 0. The molecule has 0 unspecified atom stereocenters. The van der Waals surface area contributed by atoms with Crippen molar-refractivity contribution in [1.82, 2.24) is 9.88 Å². The minimum absolute atomic E-state index is 0.273. The van der Waals surface area contributed by atoms with E-state index in [1.54, 1.807) is 0 Å². The maximum Gasteiger partial charge on any atom is 0.0702 e. The fraction of sp³-hybridized carbons (Fsp3) is 0.400. The third-order valence-electron chi connectivity index (χ3n) is 3.76. The Labute approximate surface area is 107 Å². The highest BCUT2D eigenvalue weighted by Gasteiger charge is 2.23. The lowest BCUT2D eigenvalue weighted by Gasteiger charge is -2.22. The van der Waals surface area contributed by atoms with Gasteiger partial charge in [-0.3, -0.25) is 9.88 Å². The van der Waals surface area contributed by atoms with Crippen LogP contribution in [0.25, 0.3) is 10.9 Å². The molecule has 0 radical (unpaired) electrons. The normalized spacial score (nSPS) is 20.6. The van der Waals surface area contributed by atoms with E-state index >= 15 is 0 Å². The van der Waals surface area contributed by atoms with Gasteiger partial charge in [0, 0.05) is 24.2 Å². The molecule has 3 rings (SSSR count). The summed E-state index contributed by atoms with van der Waals surface area (Å²) in [5.41, 5.74) is 2.34. The largest absolute Gasteiger partial charge is 0.395 e. The quantitative estimate of drug-likeness (QED) is 0.896. The van der Waals surface area contributed by atoms with Crippen molar-refractivity contribution in [3.8, 4) is 0 Å². The first kappa shape index (κ1) is 11.6. The minimum Gasteiger partial charge on any atom is -0.395 e. The van der Waals surface area contributed by atoms with Crippen molar-refractivity contribution < 1.29 is 5.11 Å². The molecule has 0 spiro atoms. The van der Waals surface area contributed by atoms with E-state index in [0.717, 1.165) is 25.0 Å². The zero-order chi connectivity index (χ0) is 12.4. The summed E-state index contributed by atoms with van der Waals surface area (Å²) in [6.45, 7) is 2.29. The van der Waals surface area contributed by atoms with E-state index in [1.165, 1.54) is 17.4 Å². The number of fused-ring (bicyclic) bond motifs is 1. The van der Waals surface area contributed by atoms with Crippen molar-refractivity contribution >= 4 is 10.9 Å². The molecule has 18 heavy (non-hydrogen) atoms. The predicted octanol–water partition coefficient (Wildman–Crippen LogP) is 2.19. The summed E-state index contributed by atoms with van der Waals surface area (Å²) in [6.07, 6.45) is 4.14. The fourth-order valence-corrected chi connectivity index (χ4v) is 2.77. The summed E-state index contributed by atoms with van der Waals surface area (Å²) in [5, 5.41) is 10.5. The highest BCUT2D eigenvalue weighted by molar-refractivity contribution is 5.78. The van der Waals surface area contributed by atoms with Gasteiger partial charge in [-0.1, -0.05) is 12.1 Å². The lowest BCUT2D eigenvalue weighted by Crippen LogP contribution is -2.31. The first-order valence-electron chi connectivity index (χ1n) is 6.55. The third kappa shape index (κ3) is 2.24. The molecule has 1 aromatic carbocycles. The number of hydrogen-bond acceptors (Lipinski definition) is 3. The Morgan fingerprint density at radius 2 is 2.28 bits per heavy atom. The second-order valence-corrected chi connectivity index (χ2v) is 4.98. The summed E-state index contributed by atoms with van der Waals surface area (Å²) >= 11 is 0. The average molecular weight is 242 g/mol. The van der Waals surface area contributed by atoms with E-state index < -0.39 is 0 Å². The number of benzene rings is 1. The minimum atomic E-state index is 0.273. The Morgan fingerprint density at radius 3 is 3.17 bits per heavy atom. The molecule has 1 aromatic heterocycles. The molecule has 1 saturated heterocycles. The SMILES string of the molecule is OC[C@@H]1CCCN1Cc1ccc2ncccc2c1. The van der Waals surface area contributed by atoms with Gasteiger partial charge in [-0.05, 0) is 43.1 Å². The van der Waals surface area contributed by atoms with E-state index in [4.69, 9.17) is 0 Å². The molecule has 0 saturated carbocycles. The van der Waals surface area contributed by atoms with Gasteiger partial charge in [0.15, 0.2) is 0 Å². The molecule has 1 N–H and O–H groups in total. The molecule has 1 atom stereocenters. The topological polar surface area (TPSA) is 36.4 Å². The smallest absolute Gasteiger partial charge is 0.0702 e. The van der Waals surface area contributed by atoms with Crippen molar-refractivity contribution in [2.24, 2.45) is 0 Å². The second kappa shape index (κ2) is 5.04. The first-order valence-corrected chi connectivity index (χ1v) is 6.55. The highest BCUT2D eigenvalue weighted by atomic mass is 16.3. The maximum absolute atomic E-state index is 9.33. The van der Waals surface area contributed by atoms with Crippen molar-refractivity contribution in [1.29, 1.82) is 0 Å². The van der Waals surface area contributed by atoms with Gasteiger partial charge in [0.25, 0.3) is 0 Å². The van der Waals surface area contributed by atoms with Gasteiger partial charge >= 0.3 is 0 Å². The molecule has 1 fully saturated rings. The van der Waals surface area contributed by atoms with Gasteiger partial charge < -0.3 is 5.11 Å². The Balaban J connectivity index is 1.82. The van der Waals surface area contributed by atoms with Crippen LogP contribution in [-0.4, -0.2) is 34.2 Å². The van der Waals surface area contributed by atoms with E-state index in [-0.39, 0.29) is 6.61 Å². The van der Waals surface area contributed by atoms with Gasteiger partial charge in [0.05, 0.1) is 12.1 Å². The molecule has 0 amide bonds. The van der Waals surface area contributed by atoms with Crippen LogP contribution in [0.15, 0.2) is 36.5 Å². The predicted molar refractivity (Wildman–Crippen MR) is 72.3 cm³/mol. The fourth-order valence-electron chi connectivity index (χ4n) is 2.77. The lowest BCUT2D eigenvalue weighted by atomic mass is 10.1. The number of rotatable bonds is 3. The van der Waals surface area contributed by atoms with Crippen molar-refractivity contribution in [3.05, 3.63) is 42.1 Å². The monoisotopic (exact) mass is 242 g/mol. The van der Waals surface area contributed by atoms with Gasteiger partial charge in [0.2, 0.25) is 0 Å². The van der Waals surface area contributed by atoms with Gasteiger partial charge in [-0.2, -0.15) is 0 Å². The molecule has 1 aliphatic rings. The van der Waals surface area contributed by atoms with Crippen LogP contribution in [0.3, 0.4) is 0 Å². The molecule has 3 nitrogen and oxygen atoms in total. The van der Waals surface area contributed by atoms with Gasteiger partial charge in [-0.25, -0.2) is 0 Å². The zero-order valence-corrected chi connectivity index (χ0v) is 10.4. The molecule has 0 bridgehead atoms. The Bertz CT molecular complexity index is 541. The summed E-state index contributed by atoms with van der Waals surface area (Å²) in [7, 11) is 0. The third-order valence-corrected chi connectivity index (χ3v) is 3.76. The maximum atomic E-state index is 9.33. The van der Waals surface area contributed by atoms with Crippen LogP contribution < -0.4 is 0 Å². The number of aliphatic hydroxyl groups is 1. The molecule has 0 aliphatic carbocycles. The van der Waals surface area contributed by atoms with Crippen LogP contribution >= 0.6 is 0 Å². The van der Waals surface area contributed by atoms with Crippen molar-refractivity contribution in [3.63, 3.8) is 0 Å². The van der Waals surface area contributed by atoms with E-state index in [0.29, 0.717) is 6.04 Å².